The molecule has 1 amide bonds. The lowest BCUT2D eigenvalue weighted by Crippen LogP contribution is -2.16. The number of hydrogen-bond donors (Lipinski definition) is 1. The Morgan fingerprint density at radius 2 is 1.65 bits per heavy atom. The van der Waals surface area contributed by atoms with Crippen LogP contribution in [0.3, 0.4) is 0 Å². The van der Waals surface area contributed by atoms with E-state index in [1.54, 1.807) is 24.3 Å². The molecule has 0 saturated carbocycles. The molecule has 0 spiro atoms. The van der Waals surface area contributed by atoms with Gasteiger partial charge in [-0.1, -0.05) is 23.7 Å². The Hall–Kier alpha value is -2.47. The minimum Gasteiger partial charge on any atom is -0.406 e. The van der Waals surface area contributed by atoms with Gasteiger partial charge in [-0.3, -0.25) is 4.79 Å². The van der Waals surface area contributed by atoms with Gasteiger partial charge in [0, 0.05) is 16.8 Å². The van der Waals surface area contributed by atoms with Crippen LogP contribution in [0.1, 0.15) is 5.56 Å². The molecule has 0 saturated heterocycles. The van der Waals surface area contributed by atoms with Crippen molar-refractivity contribution in [3.63, 3.8) is 0 Å². The molecule has 120 valence electrons. The lowest BCUT2D eigenvalue weighted by Gasteiger charge is -2.08. The van der Waals surface area contributed by atoms with Gasteiger partial charge in [-0.05, 0) is 48.0 Å². The number of nitrogens with one attached hydrogen (secondary N) is 1. The molecule has 2 aromatic rings. The maximum atomic E-state index is 12.0. The highest BCUT2D eigenvalue weighted by molar-refractivity contribution is 6.30. The summed E-state index contributed by atoms with van der Waals surface area (Å²) in [6.45, 7) is 0. The van der Waals surface area contributed by atoms with Crippen molar-refractivity contribution in [2.75, 3.05) is 5.32 Å². The Balaban J connectivity index is 1.94. The Morgan fingerprint density at radius 1 is 1.04 bits per heavy atom. The summed E-state index contributed by atoms with van der Waals surface area (Å²) in [5, 5.41) is 3.18. The molecule has 7 heteroatoms. The van der Waals surface area contributed by atoms with Crippen molar-refractivity contribution in [3.05, 3.63) is 65.2 Å². The van der Waals surface area contributed by atoms with Gasteiger partial charge in [0.05, 0.1) is 0 Å². The minimum absolute atomic E-state index is 0.319. The molecule has 0 bridgehead atoms. The Bertz CT molecular complexity index is 695. The first-order chi connectivity index (χ1) is 10.8. The monoisotopic (exact) mass is 341 g/mol. The number of rotatable bonds is 4. The van der Waals surface area contributed by atoms with Gasteiger partial charge in [-0.15, -0.1) is 13.2 Å². The van der Waals surface area contributed by atoms with Crippen molar-refractivity contribution >= 4 is 29.3 Å². The van der Waals surface area contributed by atoms with Gasteiger partial charge in [-0.2, -0.15) is 0 Å². The molecule has 2 aromatic carbocycles. The first-order valence-electron chi connectivity index (χ1n) is 6.42. The fourth-order valence-electron chi connectivity index (χ4n) is 1.67. The molecule has 0 aromatic heterocycles. The quantitative estimate of drug-likeness (QED) is 0.804. The number of anilines is 1. The summed E-state index contributed by atoms with van der Waals surface area (Å²) in [6, 6.07) is 11.7. The maximum absolute atomic E-state index is 12.0. The second-order valence-electron chi connectivity index (χ2n) is 4.45. The summed E-state index contributed by atoms with van der Waals surface area (Å²) >= 11 is 5.73. The number of alkyl halides is 3. The molecular weight excluding hydrogens is 331 g/mol. The zero-order valence-electron chi connectivity index (χ0n) is 11.6. The fourth-order valence-corrected chi connectivity index (χ4v) is 1.80. The average molecular weight is 342 g/mol. The zero-order chi connectivity index (χ0) is 16.9. The van der Waals surface area contributed by atoms with Crippen LogP contribution in [0.2, 0.25) is 5.02 Å². The smallest absolute Gasteiger partial charge is 0.406 e. The lowest BCUT2D eigenvalue weighted by molar-refractivity contribution is -0.274. The summed E-state index contributed by atoms with van der Waals surface area (Å²) < 4.78 is 39.8. The molecule has 0 aliphatic heterocycles. The molecule has 0 radical (unpaired) electrons. The van der Waals surface area contributed by atoms with Gasteiger partial charge < -0.3 is 10.1 Å². The Labute approximate surface area is 135 Å². The third-order valence-electron chi connectivity index (χ3n) is 2.65. The van der Waals surface area contributed by atoms with Crippen LogP contribution in [0.4, 0.5) is 18.9 Å². The summed E-state index contributed by atoms with van der Waals surface area (Å²) in [5.41, 5.74) is 1.14. The van der Waals surface area contributed by atoms with Crippen molar-refractivity contribution in [1.29, 1.82) is 0 Å². The summed E-state index contributed by atoms with van der Waals surface area (Å²) in [4.78, 5) is 11.7. The van der Waals surface area contributed by atoms with Crippen molar-refractivity contribution in [3.8, 4) is 5.75 Å². The number of benzene rings is 2. The molecule has 0 heterocycles. The van der Waals surface area contributed by atoms with E-state index in [9.17, 15) is 18.0 Å². The van der Waals surface area contributed by atoms with Gasteiger partial charge in [0.1, 0.15) is 5.75 Å². The highest BCUT2D eigenvalue weighted by Gasteiger charge is 2.30. The lowest BCUT2D eigenvalue weighted by atomic mass is 10.2. The van der Waals surface area contributed by atoms with Gasteiger partial charge in [0.25, 0.3) is 0 Å². The summed E-state index contributed by atoms with van der Waals surface area (Å²) in [5.74, 6) is -0.691. The van der Waals surface area contributed by atoms with Crippen LogP contribution in [-0.2, 0) is 4.79 Å². The van der Waals surface area contributed by atoms with E-state index in [4.69, 9.17) is 11.6 Å². The molecule has 3 nitrogen and oxygen atoms in total. The molecule has 2 rings (SSSR count). The van der Waals surface area contributed by atoms with E-state index >= 15 is 0 Å². The fraction of sp³-hybridized carbons (Fsp3) is 0.0625. The van der Waals surface area contributed by atoms with E-state index in [1.807, 2.05) is 0 Å². The molecule has 0 unspecified atom stereocenters. The normalized spacial score (nSPS) is 11.5. The second kappa shape index (κ2) is 7.19. The summed E-state index contributed by atoms with van der Waals surface area (Å²) in [7, 11) is 0. The predicted octanol–water partition coefficient (Wildman–Crippen LogP) is 4.89. The predicted molar refractivity (Wildman–Crippen MR) is 82.2 cm³/mol. The largest absolute Gasteiger partial charge is 0.573 e. The van der Waals surface area contributed by atoms with Gasteiger partial charge >= 0.3 is 6.36 Å². The van der Waals surface area contributed by atoms with Crippen LogP contribution in [0.5, 0.6) is 5.75 Å². The number of carbonyl (C=O) groups is 1. The summed E-state index contributed by atoms with van der Waals surface area (Å²) in [6.07, 6.45) is -1.98. The highest BCUT2D eigenvalue weighted by Crippen LogP contribution is 2.23. The van der Waals surface area contributed by atoms with Gasteiger partial charge in [-0.25, -0.2) is 0 Å². The zero-order valence-corrected chi connectivity index (χ0v) is 12.4. The number of amides is 1. The number of hydrogen-bond acceptors (Lipinski definition) is 2. The van der Waals surface area contributed by atoms with E-state index in [0.29, 0.717) is 16.3 Å². The molecule has 0 atom stereocenters. The van der Waals surface area contributed by atoms with E-state index in [1.165, 1.54) is 36.4 Å². The van der Waals surface area contributed by atoms with E-state index in [-0.39, 0.29) is 11.7 Å². The van der Waals surface area contributed by atoms with Crippen molar-refractivity contribution in [1.82, 2.24) is 0 Å². The van der Waals surface area contributed by atoms with Crippen LogP contribution in [-0.4, -0.2) is 12.3 Å². The van der Waals surface area contributed by atoms with Gasteiger partial charge in [0.2, 0.25) is 5.91 Å². The van der Waals surface area contributed by atoms with E-state index < -0.39 is 6.36 Å². The molecule has 1 N–H and O–H groups in total. The SMILES string of the molecule is O=C(/C=C\c1ccc(OC(F)(F)F)cc1)Nc1ccc(Cl)cc1. The first-order valence-corrected chi connectivity index (χ1v) is 6.80. The topological polar surface area (TPSA) is 38.3 Å². The Kier molecular flexibility index (Phi) is 5.28. The molecule has 0 aliphatic rings. The molecular formula is C16H11ClF3NO2. The number of halogens is 4. The van der Waals surface area contributed by atoms with E-state index in [2.05, 4.69) is 10.1 Å². The van der Waals surface area contributed by atoms with Crippen molar-refractivity contribution in [2.24, 2.45) is 0 Å². The van der Waals surface area contributed by atoms with Crippen molar-refractivity contribution in [2.45, 2.75) is 6.36 Å². The molecule has 0 fully saturated rings. The first kappa shape index (κ1) is 16.9. The standard InChI is InChI=1S/C16H11ClF3NO2/c17-12-4-6-13(7-5-12)21-15(22)10-3-11-1-8-14(9-2-11)23-16(18,19)20/h1-10H,(H,21,22)/b10-3-. The average Bonchev–Trinajstić information content (AvgIpc) is 2.47. The number of ether oxygens (including phenoxy) is 1. The van der Waals surface area contributed by atoms with Crippen LogP contribution >= 0.6 is 11.6 Å². The van der Waals surface area contributed by atoms with Crippen LogP contribution < -0.4 is 10.1 Å². The van der Waals surface area contributed by atoms with Crippen LogP contribution in [0.25, 0.3) is 6.08 Å². The number of carbonyl (C=O) groups excluding carboxylic acids is 1. The molecule has 0 aliphatic carbocycles. The van der Waals surface area contributed by atoms with Crippen LogP contribution in [0, 0.1) is 0 Å². The van der Waals surface area contributed by atoms with Gasteiger partial charge in [0.15, 0.2) is 0 Å². The second-order valence-corrected chi connectivity index (χ2v) is 4.88. The van der Waals surface area contributed by atoms with E-state index in [0.717, 1.165) is 0 Å². The minimum atomic E-state index is -4.73. The van der Waals surface area contributed by atoms with Crippen molar-refractivity contribution < 1.29 is 22.7 Å². The third-order valence-corrected chi connectivity index (χ3v) is 2.90. The highest BCUT2D eigenvalue weighted by atomic mass is 35.5. The third kappa shape index (κ3) is 6.04. The maximum Gasteiger partial charge on any atom is 0.573 e. The molecule has 23 heavy (non-hydrogen) atoms. The Morgan fingerprint density at radius 3 is 2.22 bits per heavy atom. The van der Waals surface area contributed by atoms with Crippen LogP contribution in [0.15, 0.2) is 54.6 Å².